The van der Waals surface area contributed by atoms with Gasteiger partial charge in [-0.3, -0.25) is 9.59 Å². The molecule has 1 aliphatic rings. The van der Waals surface area contributed by atoms with Gasteiger partial charge in [-0.1, -0.05) is 40.0 Å². The molecule has 3 rings (SSSR count). The molecule has 1 aromatic heterocycles. The second kappa shape index (κ2) is 8.99. The molecule has 1 aliphatic carbocycles. The molecule has 0 radical (unpaired) electrons. The molecule has 0 aliphatic heterocycles. The number of hydrogen-bond acceptors (Lipinski definition) is 4. The second-order valence-electron chi connectivity index (χ2n) is 8.84. The van der Waals surface area contributed by atoms with Crippen molar-refractivity contribution < 1.29 is 9.59 Å². The Morgan fingerprint density at radius 2 is 1.59 bits per heavy atom. The lowest BCUT2D eigenvalue weighted by Gasteiger charge is -2.23. The largest absolute Gasteiger partial charge is 0.382 e. The van der Waals surface area contributed by atoms with Crippen LogP contribution in [-0.2, 0) is 4.79 Å². The first-order valence-corrected chi connectivity index (χ1v) is 11.1. The highest BCUT2D eigenvalue weighted by Crippen LogP contribution is 2.29. The van der Waals surface area contributed by atoms with Gasteiger partial charge in [0.15, 0.2) is 0 Å². The maximum absolute atomic E-state index is 12.7. The summed E-state index contributed by atoms with van der Waals surface area (Å²) in [4.78, 5) is 25.5. The van der Waals surface area contributed by atoms with Crippen molar-refractivity contribution in [2.45, 2.75) is 65.8 Å². The van der Waals surface area contributed by atoms with Crippen LogP contribution in [0, 0.1) is 12.3 Å². The Hall–Kier alpha value is -2.34. The van der Waals surface area contributed by atoms with Crippen molar-refractivity contribution in [3.05, 3.63) is 40.8 Å². The van der Waals surface area contributed by atoms with Crippen molar-refractivity contribution in [1.29, 1.82) is 0 Å². The minimum atomic E-state index is -0.478. The molecule has 1 heterocycles. The highest BCUT2D eigenvalue weighted by molar-refractivity contribution is 7.18. The lowest BCUT2D eigenvalue weighted by Crippen LogP contribution is -2.27. The van der Waals surface area contributed by atoms with E-state index < -0.39 is 5.41 Å². The number of carbonyl (C=O) groups is 2. The molecule has 6 heteroatoms. The number of rotatable bonds is 5. The van der Waals surface area contributed by atoms with Crippen LogP contribution in [0.5, 0.6) is 0 Å². The second-order valence-corrected chi connectivity index (χ2v) is 9.89. The third-order valence-electron chi connectivity index (χ3n) is 5.16. The average molecular weight is 414 g/mol. The van der Waals surface area contributed by atoms with E-state index in [1.54, 1.807) is 0 Å². The maximum atomic E-state index is 12.7. The van der Waals surface area contributed by atoms with Gasteiger partial charge in [-0.05, 0) is 55.7 Å². The number of nitrogens with one attached hydrogen (secondary N) is 3. The molecule has 0 bridgehead atoms. The Kier molecular flexibility index (Phi) is 6.63. The minimum absolute atomic E-state index is 0.0632. The SMILES string of the molecule is Cc1cc(NC(=O)C(C)(C)C)sc1C(=O)Nc1ccc(NC2CCCCC2)cc1. The summed E-state index contributed by atoms with van der Waals surface area (Å²) in [7, 11) is 0. The summed E-state index contributed by atoms with van der Waals surface area (Å²) in [5, 5.41) is 10.1. The normalized spacial score (nSPS) is 15.0. The number of anilines is 3. The number of amides is 2. The number of carbonyl (C=O) groups excluding carboxylic acids is 2. The zero-order valence-electron chi connectivity index (χ0n) is 17.7. The molecular weight excluding hydrogens is 382 g/mol. The van der Waals surface area contributed by atoms with Crippen LogP contribution < -0.4 is 16.0 Å². The highest BCUT2D eigenvalue weighted by atomic mass is 32.1. The van der Waals surface area contributed by atoms with Crippen LogP contribution in [-0.4, -0.2) is 17.9 Å². The third kappa shape index (κ3) is 5.82. The fourth-order valence-electron chi connectivity index (χ4n) is 3.39. The van der Waals surface area contributed by atoms with Gasteiger partial charge in [-0.25, -0.2) is 0 Å². The monoisotopic (exact) mass is 413 g/mol. The van der Waals surface area contributed by atoms with Crippen LogP contribution >= 0.6 is 11.3 Å². The fourth-order valence-corrected chi connectivity index (χ4v) is 4.35. The van der Waals surface area contributed by atoms with E-state index in [1.165, 1.54) is 43.4 Å². The fraction of sp³-hybridized carbons (Fsp3) is 0.478. The van der Waals surface area contributed by atoms with Crippen LogP contribution in [0.3, 0.4) is 0 Å². The summed E-state index contributed by atoms with van der Waals surface area (Å²) >= 11 is 1.30. The van der Waals surface area contributed by atoms with Gasteiger partial charge in [0.1, 0.15) is 0 Å². The lowest BCUT2D eigenvalue weighted by atomic mass is 9.95. The van der Waals surface area contributed by atoms with E-state index in [-0.39, 0.29) is 11.8 Å². The van der Waals surface area contributed by atoms with E-state index >= 15 is 0 Å². The van der Waals surface area contributed by atoms with Gasteiger partial charge in [0.25, 0.3) is 5.91 Å². The van der Waals surface area contributed by atoms with Gasteiger partial charge in [0, 0.05) is 22.8 Å². The van der Waals surface area contributed by atoms with Gasteiger partial charge in [-0.15, -0.1) is 11.3 Å². The Labute approximate surface area is 177 Å². The first-order chi connectivity index (χ1) is 13.7. The molecule has 0 atom stereocenters. The Balaban J connectivity index is 1.60. The van der Waals surface area contributed by atoms with E-state index in [2.05, 4.69) is 16.0 Å². The predicted octanol–water partition coefficient (Wildman–Crippen LogP) is 6.04. The third-order valence-corrected chi connectivity index (χ3v) is 6.31. The summed E-state index contributed by atoms with van der Waals surface area (Å²) in [6, 6.07) is 10.3. The van der Waals surface area contributed by atoms with Crippen molar-refractivity contribution in [3.8, 4) is 0 Å². The molecular formula is C23H31N3O2S. The van der Waals surface area contributed by atoms with Gasteiger partial charge < -0.3 is 16.0 Å². The van der Waals surface area contributed by atoms with Crippen molar-refractivity contribution in [1.82, 2.24) is 0 Å². The summed E-state index contributed by atoms with van der Waals surface area (Å²) in [6.45, 7) is 7.48. The Bertz CT molecular complexity index is 859. The van der Waals surface area contributed by atoms with Crippen molar-refractivity contribution in [3.63, 3.8) is 0 Å². The standard InChI is InChI=1S/C23H31N3O2S/c1-15-14-19(26-22(28)23(2,3)4)29-20(15)21(27)25-18-12-10-17(11-13-18)24-16-8-6-5-7-9-16/h10-14,16,24H,5-9H2,1-4H3,(H,25,27)(H,26,28). The molecule has 0 saturated heterocycles. The molecule has 2 amide bonds. The van der Waals surface area contributed by atoms with Crippen molar-refractivity contribution in [2.75, 3.05) is 16.0 Å². The van der Waals surface area contributed by atoms with Crippen LogP contribution in [0.4, 0.5) is 16.4 Å². The predicted molar refractivity (Wildman–Crippen MR) is 122 cm³/mol. The summed E-state index contributed by atoms with van der Waals surface area (Å²) in [5.41, 5.74) is 2.23. The van der Waals surface area contributed by atoms with E-state index in [4.69, 9.17) is 0 Å². The van der Waals surface area contributed by atoms with Gasteiger partial charge in [0.2, 0.25) is 5.91 Å². The van der Waals surface area contributed by atoms with Crippen LogP contribution in [0.25, 0.3) is 0 Å². The summed E-state index contributed by atoms with van der Waals surface area (Å²) in [6.07, 6.45) is 6.38. The summed E-state index contributed by atoms with van der Waals surface area (Å²) in [5.74, 6) is -0.219. The first-order valence-electron chi connectivity index (χ1n) is 10.3. The Morgan fingerprint density at radius 1 is 0.966 bits per heavy atom. The molecule has 5 nitrogen and oxygen atoms in total. The van der Waals surface area contributed by atoms with E-state index in [0.717, 1.165) is 16.9 Å². The molecule has 0 unspecified atom stereocenters. The van der Waals surface area contributed by atoms with Crippen LogP contribution in [0.2, 0.25) is 0 Å². The van der Waals surface area contributed by atoms with Crippen LogP contribution in [0.1, 0.15) is 68.1 Å². The average Bonchev–Trinajstić information content (AvgIpc) is 3.04. The number of thiophene rings is 1. The topological polar surface area (TPSA) is 70.2 Å². The number of hydrogen-bond donors (Lipinski definition) is 3. The molecule has 2 aromatic rings. The minimum Gasteiger partial charge on any atom is -0.382 e. The Morgan fingerprint density at radius 3 is 2.21 bits per heavy atom. The van der Waals surface area contributed by atoms with Crippen LogP contribution in [0.15, 0.2) is 30.3 Å². The van der Waals surface area contributed by atoms with Crippen molar-refractivity contribution in [2.24, 2.45) is 5.41 Å². The molecule has 3 N–H and O–H groups in total. The molecule has 29 heavy (non-hydrogen) atoms. The molecule has 1 saturated carbocycles. The number of benzene rings is 1. The lowest BCUT2D eigenvalue weighted by molar-refractivity contribution is -0.123. The van der Waals surface area contributed by atoms with E-state index in [9.17, 15) is 9.59 Å². The van der Waals surface area contributed by atoms with E-state index in [1.807, 2.05) is 58.0 Å². The smallest absolute Gasteiger partial charge is 0.266 e. The molecule has 1 aromatic carbocycles. The van der Waals surface area contributed by atoms with E-state index in [0.29, 0.717) is 15.9 Å². The zero-order valence-corrected chi connectivity index (χ0v) is 18.5. The quantitative estimate of drug-likeness (QED) is 0.560. The molecule has 1 fully saturated rings. The molecule has 156 valence electrons. The zero-order chi connectivity index (χ0) is 21.0. The van der Waals surface area contributed by atoms with Crippen molar-refractivity contribution >= 4 is 39.5 Å². The summed E-state index contributed by atoms with van der Waals surface area (Å²) < 4.78 is 0. The highest BCUT2D eigenvalue weighted by Gasteiger charge is 2.23. The van der Waals surface area contributed by atoms with Gasteiger partial charge >= 0.3 is 0 Å². The van der Waals surface area contributed by atoms with Gasteiger partial charge in [-0.2, -0.15) is 0 Å². The maximum Gasteiger partial charge on any atom is 0.266 e. The molecule has 0 spiro atoms. The number of aryl methyl sites for hydroxylation is 1. The van der Waals surface area contributed by atoms with Gasteiger partial charge in [0.05, 0.1) is 9.88 Å². The first kappa shape index (κ1) is 21.4.